The lowest BCUT2D eigenvalue weighted by Crippen LogP contribution is -2.31. The second kappa shape index (κ2) is 15.6. The highest BCUT2D eigenvalue weighted by atomic mass is 35.5. The number of nitrogens with one attached hydrogen (secondary N) is 3. The lowest BCUT2D eigenvalue weighted by molar-refractivity contribution is -0.0590. The number of aromatic nitrogens is 4. The topological polar surface area (TPSA) is 118 Å². The molecule has 0 bridgehead atoms. The third-order valence-corrected chi connectivity index (χ3v) is 10.9. The summed E-state index contributed by atoms with van der Waals surface area (Å²) in [4.78, 5) is 22.6. The number of anilines is 1. The fourth-order valence-electron chi connectivity index (χ4n) is 7.38. The lowest BCUT2D eigenvalue weighted by Gasteiger charge is -2.28. The number of hydrogen-bond acceptors (Lipinski definition) is 7. The molecule has 0 spiro atoms. The Labute approximate surface area is 313 Å². The molecule has 53 heavy (non-hydrogen) atoms. The highest BCUT2D eigenvalue weighted by Crippen LogP contribution is 2.64. The summed E-state index contributed by atoms with van der Waals surface area (Å²) < 4.78 is 28.1. The number of nitrogens with zero attached hydrogens (tertiary/aromatic N) is 4. The monoisotopic (exact) mass is 737 g/mol. The molecule has 2 aliphatic rings. The summed E-state index contributed by atoms with van der Waals surface area (Å²) in [5.74, 6) is 1.09. The number of H-pyrrole nitrogens is 1. The molecule has 3 N–H and O–H groups in total. The summed E-state index contributed by atoms with van der Waals surface area (Å²) in [7, 11) is 1.99. The van der Waals surface area contributed by atoms with Crippen LogP contribution in [0.5, 0.6) is 0 Å². The third-order valence-electron chi connectivity index (χ3n) is 10.6. The van der Waals surface area contributed by atoms with Gasteiger partial charge in [-0.25, -0.2) is 14.4 Å². The zero-order valence-corrected chi connectivity index (χ0v) is 31.1. The van der Waals surface area contributed by atoms with E-state index >= 15 is 0 Å². The van der Waals surface area contributed by atoms with Gasteiger partial charge in [-0.15, -0.1) is 0 Å². The number of aryl methyl sites for hydroxylation is 2. The highest BCUT2D eigenvalue weighted by Gasteiger charge is 2.55. The highest BCUT2D eigenvalue weighted by molar-refractivity contribution is 6.30. The van der Waals surface area contributed by atoms with Gasteiger partial charge in [0.25, 0.3) is 5.91 Å². The van der Waals surface area contributed by atoms with Crippen LogP contribution in [0.1, 0.15) is 71.0 Å². The molecule has 2 fully saturated rings. The van der Waals surface area contributed by atoms with Crippen molar-refractivity contribution >= 4 is 51.8 Å². The van der Waals surface area contributed by atoms with Crippen molar-refractivity contribution in [3.8, 4) is 0 Å². The second-order valence-electron chi connectivity index (χ2n) is 14.2. The predicted molar refractivity (Wildman–Crippen MR) is 208 cm³/mol. The Hall–Kier alpha value is -4.84. The van der Waals surface area contributed by atoms with Gasteiger partial charge in [0.15, 0.2) is 0 Å². The van der Waals surface area contributed by atoms with Crippen molar-refractivity contribution in [3.05, 3.63) is 112 Å². The van der Waals surface area contributed by atoms with E-state index in [4.69, 9.17) is 26.1 Å². The number of fused-ring (bicyclic) bond motifs is 2. The predicted octanol–water partition coefficient (Wildman–Crippen LogP) is 8.54. The number of amides is 1. The smallest absolute Gasteiger partial charge is 0.255 e. The molecule has 3 heterocycles. The van der Waals surface area contributed by atoms with E-state index in [1.165, 1.54) is 6.07 Å². The Bertz CT molecular complexity index is 2220. The fourth-order valence-corrected chi connectivity index (χ4v) is 7.54. The molecule has 0 radical (unpaired) electrons. The van der Waals surface area contributed by atoms with Crippen LogP contribution in [0.4, 0.5) is 10.1 Å². The largest absolute Gasteiger partial charge is 0.473 e. The summed E-state index contributed by atoms with van der Waals surface area (Å²) in [5.41, 5.74) is 6.43. The van der Waals surface area contributed by atoms with Gasteiger partial charge in [0.2, 0.25) is 5.88 Å². The van der Waals surface area contributed by atoms with E-state index < -0.39 is 5.82 Å². The van der Waals surface area contributed by atoms with E-state index in [-0.39, 0.29) is 24.0 Å². The van der Waals surface area contributed by atoms with Crippen LogP contribution in [0.25, 0.3) is 21.9 Å². The molecule has 3 aromatic carbocycles. The first-order chi connectivity index (χ1) is 25.7. The molecule has 1 saturated carbocycles. The van der Waals surface area contributed by atoms with E-state index in [2.05, 4.69) is 49.3 Å². The Balaban J connectivity index is 1.07. The molecular formula is C41H45ClFN7O3. The Morgan fingerprint density at radius 1 is 1.23 bits per heavy atom. The molecule has 1 saturated heterocycles. The summed E-state index contributed by atoms with van der Waals surface area (Å²) in [6.07, 6.45) is 10.9. The minimum absolute atomic E-state index is 0.0267. The number of ether oxygens (including phenoxy) is 2. The number of allylic oxidation sites excluding steroid dienone is 3. The second-order valence-corrected chi connectivity index (χ2v) is 14.6. The quantitative estimate of drug-likeness (QED) is 0.0531. The van der Waals surface area contributed by atoms with Gasteiger partial charge in [-0.1, -0.05) is 29.8 Å². The molecule has 1 amide bonds. The number of rotatable bonds is 16. The third kappa shape index (κ3) is 7.93. The van der Waals surface area contributed by atoms with Crippen LogP contribution in [0, 0.1) is 25.1 Å². The first-order valence-corrected chi connectivity index (χ1v) is 18.5. The molecular weight excluding hydrogens is 693 g/mol. The van der Waals surface area contributed by atoms with Gasteiger partial charge in [-0.05, 0) is 126 Å². The van der Waals surface area contributed by atoms with Gasteiger partial charge in [0, 0.05) is 45.4 Å². The van der Waals surface area contributed by atoms with Gasteiger partial charge in [0.1, 0.15) is 18.2 Å². The van der Waals surface area contributed by atoms with Crippen LogP contribution < -0.4 is 10.6 Å². The van der Waals surface area contributed by atoms with Gasteiger partial charge in [-0.2, -0.15) is 5.10 Å². The summed E-state index contributed by atoms with van der Waals surface area (Å²) in [6.45, 7) is 9.99. The fraction of sp³-hybridized carbons (Fsp3) is 0.366. The average molecular weight is 738 g/mol. The van der Waals surface area contributed by atoms with Gasteiger partial charge in [-0.3, -0.25) is 9.89 Å². The van der Waals surface area contributed by atoms with Crippen molar-refractivity contribution in [2.45, 2.75) is 71.1 Å². The minimum Gasteiger partial charge on any atom is -0.473 e. The molecule has 276 valence electrons. The van der Waals surface area contributed by atoms with Crippen molar-refractivity contribution in [3.63, 3.8) is 0 Å². The van der Waals surface area contributed by atoms with Crippen LogP contribution in [0.3, 0.4) is 0 Å². The maximum absolute atomic E-state index is 14.2. The van der Waals surface area contributed by atoms with Crippen molar-refractivity contribution in [2.75, 3.05) is 25.5 Å². The van der Waals surface area contributed by atoms with Crippen LogP contribution in [-0.4, -0.2) is 58.7 Å². The van der Waals surface area contributed by atoms with E-state index in [1.54, 1.807) is 18.2 Å². The molecule has 12 heteroatoms. The number of benzene rings is 3. The number of carbonyl (C=O) groups is 1. The normalized spacial score (nSPS) is 19.9. The SMILES string of the molecule is C=N/C(=C\C=C/CCC1(CCNC)CC1c1nc2cc(NC(=O)c3cc(C)c4n[nH]c(C)c4c3)ccc2n1CC1CCO1)OCc1ccc(Cl)cc1F. The summed E-state index contributed by atoms with van der Waals surface area (Å²) >= 11 is 5.87. The number of carbonyl (C=O) groups excluding carboxylic acids is 1. The number of aliphatic imine (C=N–C) groups is 1. The maximum atomic E-state index is 14.2. The molecule has 1 aliphatic carbocycles. The van der Waals surface area contributed by atoms with Crippen molar-refractivity contribution in [1.82, 2.24) is 25.1 Å². The molecule has 3 atom stereocenters. The van der Waals surface area contributed by atoms with E-state index in [0.717, 1.165) is 90.8 Å². The lowest BCUT2D eigenvalue weighted by atomic mass is 9.92. The zero-order valence-electron chi connectivity index (χ0n) is 30.3. The van der Waals surface area contributed by atoms with Gasteiger partial charge < -0.3 is 24.7 Å². The Kier molecular flexibility index (Phi) is 10.8. The van der Waals surface area contributed by atoms with Gasteiger partial charge >= 0.3 is 0 Å². The van der Waals surface area contributed by atoms with Crippen LogP contribution in [-0.2, 0) is 22.6 Å². The van der Waals surface area contributed by atoms with Crippen LogP contribution in [0.2, 0.25) is 5.02 Å². The average Bonchev–Trinajstić information content (AvgIpc) is 3.52. The molecule has 7 rings (SSSR count). The maximum Gasteiger partial charge on any atom is 0.255 e. The summed E-state index contributed by atoms with van der Waals surface area (Å²) in [5, 5.41) is 15.1. The standard InChI is InChI=1S/C41H45ClFN7O3/c1-25-18-28(19-32-26(2)48-49-38(25)32)40(51)46-30-11-12-36-35(21-30)47-39(50(36)23-31-13-17-52-31)33-22-41(33,15-16-44-3)14-7-5-6-8-37(45-4)53-24-27-9-10-29(42)20-34(27)43/h5-6,8-12,18-21,31,33,44H,4,7,13-17,22-24H2,1-3H3,(H,46,51)(H,48,49)/b6-5-,37-8+. The van der Waals surface area contributed by atoms with E-state index in [0.29, 0.717) is 33.6 Å². The molecule has 10 nitrogen and oxygen atoms in total. The van der Waals surface area contributed by atoms with Crippen molar-refractivity contribution < 1.29 is 18.7 Å². The molecule has 5 aromatic rings. The first kappa shape index (κ1) is 36.5. The molecule has 2 aromatic heterocycles. The zero-order chi connectivity index (χ0) is 37.1. The molecule has 1 aliphatic heterocycles. The number of halogens is 2. The van der Waals surface area contributed by atoms with Crippen molar-refractivity contribution in [1.29, 1.82) is 0 Å². The van der Waals surface area contributed by atoms with Crippen LogP contribution in [0.15, 0.2) is 77.6 Å². The Morgan fingerprint density at radius 2 is 2.08 bits per heavy atom. The summed E-state index contributed by atoms with van der Waals surface area (Å²) in [6, 6.07) is 14.3. The number of hydrogen-bond donors (Lipinski definition) is 3. The first-order valence-electron chi connectivity index (χ1n) is 18.1. The molecule has 3 unspecified atom stereocenters. The number of aromatic amines is 1. The van der Waals surface area contributed by atoms with E-state index in [1.807, 2.05) is 51.2 Å². The van der Waals surface area contributed by atoms with Crippen molar-refractivity contribution in [2.24, 2.45) is 10.4 Å². The van der Waals surface area contributed by atoms with E-state index in [9.17, 15) is 9.18 Å². The number of imidazole rings is 1. The minimum atomic E-state index is -0.423. The van der Waals surface area contributed by atoms with Crippen LogP contribution >= 0.6 is 11.6 Å². The Morgan fingerprint density at radius 3 is 2.83 bits per heavy atom. The van der Waals surface area contributed by atoms with Gasteiger partial charge in [0.05, 0.1) is 29.2 Å².